The fourth-order valence-corrected chi connectivity index (χ4v) is 7.19. The van der Waals surface area contributed by atoms with E-state index in [1.807, 2.05) is 30.3 Å². The Balaban J connectivity index is 1.88. The second kappa shape index (κ2) is 15.7. The summed E-state index contributed by atoms with van der Waals surface area (Å²) < 4.78 is 25.8. The number of unbranched alkanes of at least 4 members (excludes halogenated alkanes) is 4. The van der Waals surface area contributed by atoms with Crippen molar-refractivity contribution in [1.82, 2.24) is 0 Å². The monoisotopic (exact) mass is 752 g/mol. The van der Waals surface area contributed by atoms with Crippen LogP contribution in [0.5, 0.6) is 11.5 Å². The van der Waals surface area contributed by atoms with E-state index in [1.54, 1.807) is 0 Å². The molecule has 0 saturated carbocycles. The molecule has 0 saturated heterocycles. The van der Waals surface area contributed by atoms with Crippen LogP contribution in [-0.4, -0.2) is 38.4 Å². The summed E-state index contributed by atoms with van der Waals surface area (Å²) in [7, 11) is 0. The first-order valence-corrected chi connectivity index (χ1v) is 18.1. The van der Waals surface area contributed by atoms with Gasteiger partial charge in [-0.05, 0) is 82.7 Å². The van der Waals surface area contributed by atoms with E-state index < -0.39 is 0 Å². The number of fused-ring (bicyclic) bond motifs is 2. The van der Waals surface area contributed by atoms with Crippen LogP contribution < -0.4 is 9.47 Å². The van der Waals surface area contributed by atoms with Crippen molar-refractivity contribution in [3.63, 3.8) is 0 Å². The zero-order valence-electron chi connectivity index (χ0n) is 27.2. The Labute approximate surface area is 287 Å². The Hall–Kier alpha value is -3.10. The largest absolute Gasteiger partial charge is 0.493 e. The van der Waals surface area contributed by atoms with E-state index in [1.165, 1.54) is 0 Å². The Bertz CT molecular complexity index is 1840. The third kappa shape index (κ3) is 6.66. The minimum absolute atomic E-state index is 0.355. The van der Waals surface area contributed by atoms with Crippen LogP contribution in [0.2, 0.25) is 0 Å². The average molecular weight is 755 g/mol. The fourth-order valence-electron chi connectivity index (χ4n) is 5.93. The maximum atomic E-state index is 13.6. The molecule has 0 fully saturated rings. The van der Waals surface area contributed by atoms with Crippen molar-refractivity contribution in [2.75, 3.05) is 26.4 Å². The summed E-state index contributed by atoms with van der Waals surface area (Å²) in [5, 5.41) is 6.97. The highest BCUT2D eigenvalue weighted by atomic mass is 79.9. The second-order valence-corrected chi connectivity index (χ2v) is 13.4. The lowest BCUT2D eigenvalue weighted by Crippen LogP contribution is -2.10. The molecule has 0 aliphatic heterocycles. The predicted octanol–water partition coefficient (Wildman–Crippen LogP) is 11.5. The maximum Gasteiger partial charge on any atom is 0.338 e. The lowest BCUT2D eigenvalue weighted by molar-refractivity contribution is 0.0492. The third-order valence-electron chi connectivity index (χ3n) is 8.35. The number of hydrogen-bond donors (Lipinski definition) is 0. The SMILES string of the molecule is CCCCOC(=O)c1ccc2c3c(Br)cc(C(=O)OCCCC)c4c(OCCCC)ccc(c5c(Br)cc(OCCCC)c1c25)c43. The highest BCUT2D eigenvalue weighted by Gasteiger charge is 2.27. The molecule has 5 aromatic rings. The molecule has 0 N–H and O–H groups in total. The van der Waals surface area contributed by atoms with Gasteiger partial charge in [0, 0.05) is 41.3 Å². The van der Waals surface area contributed by atoms with Crippen LogP contribution in [0.25, 0.3) is 43.1 Å². The molecule has 0 aliphatic rings. The van der Waals surface area contributed by atoms with E-state index in [9.17, 15) is 9.59 Å². The molecule has 0 unspecified atom stereocenters. The number of carbonyl (C=O) groups excluding carboxylic acids is 2. The quantitative estimate of drug-likeness (QED) is 0.0432. The molecule has 0 atom stereocenters. The number of halogens is 2. The minimum atomic E-state index is -0.377. The fraction of sp³-hybridized carbons (Fsp3) is 0.421. The first-order chi connectivity index (χ1) is 22.4. The van der Waals surface area contributed by atoms with Crippen molar-refractivity contribution in [2.45, 2.75) is 79.1 Å². The number of ether oxygens (including phenoxy) is 4. The maximum absolute atomic E-state index is 13.6. The first kappa shape index (κ1) is 34.2. The standard InChI is InChI=1S/C38H42Br2O6/c1-5-9-17-43-29-16-15-24-32-28(40)22-30(44-18-10-6-2)33-25(37(41)45-19-11-7-3)14-13-23(35(32)33)31-27(39)21-26(34(29)36(24)31)38(42)46-20-12-8-4/h13-16,21-22H,5-12,17-20H2,1-4H3. The Kier molecular flexibility index (Phi) is 11.7. The van der Waals surface area contributed by atoms with Crippen LogP contribution in [0.3, 0.4) is 0 Å². The van der Waals surface area contributed by atoms with Gasteiger partial charge in [-0.15, -0.1) is 0 Å². The second-order valence-electron chi connectivity index (χ2n) is 11.7. The summed E-state index contributed by atoms with van der Waals surface area (Å²) >= 11 is 7.73. The van der Waals surface area contributed by atoms with Gasteiger partial charge in [-0.3, -0.25) is 0 Å². The number of carbonyl (C=O) groups is 2. The Morgan fingerprint density at radius 2 is 0.978 bits per heavy atom. The Morgan fingerprint density at radius 1 is 0.522 bits per heavy atom. The zero-order chi connectivity index (χ0) is 32.8. The molecule has 244 valence electrons. The lowest BCUT2D eigenvalue weighted by Gasteiger charge is -2.22. The van der Waals surface area contributed by atoms with Gasteiger partial charge in [-0.2, -0.15) is 0 Å². The average Bonchev–Trinajstić information content (AvgIpc) is 3.05. The third-order valence-corrected chi connectivity index (χ3v) is 9.60. The van der Waals surface area contributed by atoms with Gasteiger partial charge in [0.05, 0.1) is 37.6 Å². The van der Waals surface area contributed by atoms with Gasteiger partial charge in [0.25, 0.3) is 0 Å². The minimum Gasteiger partial charge on any atom is -0.493 e. The molecule has 8 heteroatoms. The van der Waals surface area contributed by atoms with E-state index in [2.05, 4.69) is 65.6 Å². The van der Waals surface area contributed by atoms with Gasteiger partial charge in [-0.25, -0.2) is 9.59 Å². The van der Waals surface area contributed by atoms with Gasteiger partial charge in [0.1, 0.15) is 11.5 Å². The van der Waals surface area contributed by atoms with E-state index in [-0.39, 0.29) is 11.9 Å². The molecule has 5 rings (SSSR count). The van der Waals surface area contributed by atoms with Gasteiger partial charge in [0.2, 0.25) is 0 Å². The van der Waals surface area contributed by atoms with Gasteiger partial charge in [0.15, 0.2) is 0 Å². The van der Waals surface area contributed by atoms with E-state index in [4.69, 9.17) is 18.9 Å². The molecule has 0 radical (unpaired) electrons. The molecule has 0 bridgehead atoms. The Morgan fingerprint density at radius 3 is 1.54 bits per heavy atom. The van der Waals surface area contributed by atoms with Crippen LogP contribution in [0.4, 0.5) is 0 Å². The summed E-state index contributed by atoms with van der Waals surface area (Å²) in [6, 6.07) is 11.6. The van der Waals surface area contributed by atoms with Crippen LogP contribution >= 0.6 is 31.9 Å². The van der Waals surface area contributed by atoms with Crippen molar-refractivity contribution in [3.8, 4) is 11.5 Å². The van der Waals surface area contributed by atoms with Crippen LogP contribution in [0, 0.1) is 0 Å². The lowest BCUT2D eigenvalue weighted by atomic mass is 9.86. The molecule has 0 heterocycles. The molecule has 5 aromatic carbocycles. The van der Waals surface area contributed by atoms with Gasteiger partial charge in [-0.1, -0.05) is 75.4 Å². The van der Waals surface area contributed by atoms with Crippen molar-refractivity contribution < 1.29 is 28.5 Å². The number of rotatable bonds is 16. The highest BCUT2D eigenvalue weighted by Crippen LogP contribution is 2.51. The van der Waals surface area contributed by atoms with Crippen molar-refractivity contribution >= 4 is 86.9 Å². The van der Waals surface area contributed by atoms with Crippen LogP contribution in [-0.2, 0) is 9.47 Å². The normalized spacial score (nSPS) is 11.6. The summed E-state index contributed by atoms with van der Waals surface area (Å²) in [5.74, 6) is 0.538. The van der Waals surface area contributed by atoms with Crippen molar-refractivity contribution in [2.24, 2.45) is 0 Å². The summed E-state index contributed by atoms with van der Waals surface area (Å²) in [6.07, 6.45) is 7.23. The topological polar surface area (TPSA) is 71.1 Å². The first-order valence-electron chi connectivity index (χ1n) is 16.6. The van der Waals surface area contributed by atoms with Gasteiger partial charge >= 0.3 is 11.9 Å². The smallest absolute Gasteiger partial charge is 0.338 e. The highest BCUT2D eigenvalue weighted by molar-refractivity contribution is 9.11. The zero-order valence-corrected chi connectivity index (χ0v) is 30.3. The molecular formula is C38H42Br2O6. The summed E-state index contributed by atoms with van der Waals surface area (Å²) in [6.45, 7) is 10.2. The number of esters is 2. The number of hydrogen-bond acceptors (Lipinski definition) is 6. The summed E-state index contributed by atoms with van der Waals surface area (Å²) in [4.78, 5) is 27.2. The van der Waals surface area contributed by atoms with Gasteiger partial charge < -0.3 is 18.9 Å². The molecule has 0 amide bonds. The van der Waals surface area contributed by atoms with E-state index in [0.717, 1.165) is 103 Å². The van der Waals surface area contributed by atoms with E-state index >= 15 is 0 Å². The van der Waals surface area contributed by atoms with Crippen LogP contribution in [0.1, 0.15) is 99.8 Å². The molecule has 0 aliphatic carbocycles. The molecule has 46 heavy (non-hydrogen) atoms. The molecule has 6 nitrogen and oxygen atoms in total. The van der Waals surface area contributed by atoms with Crippen molar-refractivity contribution in [1.29, 1.82) is 0 Å². The molecule has 0 aromatic heterocycles. The molecular weight excluding hydrogens is 712 g/mol. The predicted molar refractivity (Wildman–Crippen MR) is 194 cm³/mol. The van der Waals surface area contributed by atoms with Crippen LogP contribution in [0.15, 0.2) is 45.3 Å². The van der Waals surface area contributed by atoms with Crippen molar-refractivity contribution in [3.05, 3.63) is 56.5 Å². The van der Waals surface area contributed by atoms with E-state index in [0.29, 0.717) is 49.1 Å². The number of benzene rings is 5. The summed E-state index contributed by atoms with van der Waals surface area (Å²) in [5.41, 5.74) is 0.933. The molecule has 0 spiro atoms.